The first-order chi connectivity index (χ1) is 7.88. The molecule has 0 aliphatic heterocycles. The minimum Gasteiger partial charge on any atom is -0.452 e. The van der Waals surface area contributed by atoms with Crippen molar-refractivity contribution in [3.05, 3.63) is 0 Å². The summed E-state index contributed by atoms with van der Waals surface area (Å²) < 4.78 is 5.52. The molecule has 2 rings (SSSR count). The van der Waals surface area contributed by atoms with Crippen molar-refractivity contribution in [3.8, 4) is 0 Å². The van der Waals surface area contributed by atoms with Crippen molar-refractivity contribution >= 4 is 13.1 Å². The van der Waals surface area contributed by atoms with E-state index in [0.29, 0.717) is 24.9 Å². The molecule has 0 aromatic carbocycles. The summed E-state index contributed by atoms with van der Waals surface area (Å²) in [7, 11) is 0.466. The molecule has 2 aliphatic carbocycles. The molecule has 4 atom stereocenters. The van der Waals surface area contributed by atoms with Gasteiger partial charge in [-0.05, 0) is 38.0 Å². The van der Waals surface area contributed by atoms with Gasteiger partial charge in [-0.2, -0.15) is 0 Å². The molecule has 0 heterocycles. The second-order valence-electron chi connectivity index (χ2n) is 6.54. The molecule has 0 amide bonds. The fraction of sp³-hybridized carbons (Fsp3) is 0.923. The van der Waals surface area contributed by atoms with Crippen LogP contribution in [0.5, 0.6) is 0 Å². The molecular weight excluding hydrogens is 213 g/mol. The summed E-state index contributed by atoms with van der Waals surface area (Å²) in [5.41, 5.74) is 5.48. The van der Waals surface area contributed by atoms with E-state index in [1.807, 2.05) is 20.8 Å². The predicted octanol–water partition coefficient (Wildman–Crippen LogP) is 2.50. The second kappa shape index (κ2) is 4.64. The van der Waals surface area contributed by atoms with Crippen molar-refractivity contribution in [2.45, 2.75) is 58.0 Å². The van der Waals surface area contributed by atoms with Gasteiger partial charge >= 0.3 is 0 Å². The van der Waals surface area contributed by atoms with Crippen LogP contribution in [0.4, 0.5) is 4.79 Å². The van der Waals surface area contributed by atoms with Crippen LogP contribution in [0.3, 0.4) is 0 Å². The van der Waals surface area contributed by atoms with E-state index in [-0.39, 0.29) is 5.87 Å². The summed E-state index contributed by atoms with van der Waals surface area (Å²) in [6.45, 7) is 5.93. The number of ether oxygens (including phenoxy) is 1. The average Bonchev–Trinajstić information content (AvgIpc) is 2.75. The highest BCUT2D eigenvalue weighted by Crippen LogP contribution is 2.51. The van der Waals surface area contributed by atoms with Crippen molar-refractivity contribution in [2.24, 2.45) is 23.5 Å². The van der Waals surface area contributed by atoms with Crippen LogP contribution in [-0.4, -0.2) is 18.9 Å². The minimum absolute atomic E-state index is 0.146. The van der Waals surface area contributed by atoms with Crippen LogP contribution >= 0.6 is 0 Å². The third kappa shape index (κ3) is 2.84. The molecule has 2 bridgehead atoms. The molecule has 0 radical (unpaired) electrons. The normalized spacial score (nSPS) is 34.8. The van der Waals surface area contributed by atoms with Crippen molar-refractivity contribution < 1.29 is 9.53 Å². The number of hydrogen-bond donors (Lipinski definition) is 1. The number of nitrogens with two attached hydrogens (primary N) is 1. The smallest absolute Gasteiger partial charge is 0.263 e. The van der Waals surface area contributed by atoms with Gasteiger partial charge in [0.2, 0.25) is 5.87 Å². The van der Waals surface area contributed by atoms with Gasteiger partial charge in [0.05, 0.1) is 0 Å². The first-order valence-corrected chi connectivity index (χ1v) is 6.89. The maximum absolute atomic E-state index is 11.7. The van der Waals surface area contributed by atoms with E-state index < -0.39 is 5.72 Å². The zero-order valence-electron chi connectivity index (χ0n) is 11.2. The quantitative estimate of drug-likeness (QED) is 0.603. The summed E-state index contributed by atoms with van der Waals surface area (Å²) in [6, 6.07) is 0. The first-order valence-electron chi connectivity index (χ1n) is 6.89. The van der Waals surface area contributed by atoms with Crippen LogP contribution < -0.4 is 5.73 Å². The first kappa shape index (κ1) is 12.9. The molecular formula is C13H24BNO2. The van der Waals surface area contributed by atoms with E-state index in [0.717, 1.165) is 12.3 Å². The van der Waals surface area contributed by atoms with Crippen molar-refractivity contribution in [1.29, 1.82) is 0 Å². The molecule has 17 heavy (non-hydrogen) atoms. The molecule has 2 fully saturated rings. The Hall–Kier alpha value is -0.505. The van der Waals surface area contributed by atoms with Gasteiger partial charge in [0.1, 0.15) is 0 Å². The van der Waals surface area contributed by atoms with Crippen LogP contribution in [0.2, 0.25) is 5.82 Å². The van der Waals surface area contributed by atoms with Crippen molar-refractivity contribution in [1.82, 2.24) is 0 Å². The standard InChI is InChI=1S/C13H24BNO2/c1-8(2)14-12(16)17-13(3,15)11-7-9-4-5-10(11)6-9/h8-11,14H,4-7,15H2,1-3H3. The Bertz CT molecular complexity index is 304. The van der Waals surface area contributed by atoms with Gasteiger partial charge in [0.25, 0.3) is 7.28 Å². The fourth-order valence-corrected chi connectivity index (χ4v) is 3.64. The van der Waals surface area contributed by atoms with Gasteiger partial charge in [-0.25, -0.2) is 0 Å². The van der Waals surface area contributed by atoms with Crippen LogP contribution in [0.15, 0.2) is 0 Å². The van der Waals surface area contributed by atoms with E-state index in [2.05, 4.69) is 0 Å². The summed E-state index contributed by atoms with van der Waals surface area (Å²) >= 11 is 0. The lowest BCUT2D eigenvalue weighted by molar-refractivity contribution is -0.0238. The lowest BCUT2D eigenvalue weighted by Gasteiger charge is -2.36. The zero-order chi connectivity index (χ0) is 12.6. The molecule has 2 saturated carbocycles. The van der Waals surface area contributed by atoms with Crippen molar-refractivity contribution in [2.75, 3.05) is 0 Å². The Morgan fingerprint density at radius 3 is 2.59 bits per heavy atom. The highest BCUT2D eigenvalue weighted by atomic mass is 16.6. The number of rotatable bonds is 4. The molecule has 4 unspecified atom stereocenters. The van der Waals surface area contributed by atoms with E-state index in [1.165, 1.54) is 19.3 Å². The Labute approximate surface area is 105 Å². The summed E-state index contributed by atoms with van der Waals surface area (Å²) in [5, 5.41) is 0. The highest BCUT2D eigenvalue weighted by Gasteiger charge is 2.48. The Balaban J connectivity index is 1.92. The SMILES string of the molecule is CC(C)BC(=O)OC(C)(N)C1CC2CCC1C2. The second-order valence-corrected chi connectivity index (χ2v) is 6.54. The van der Waals surface area contributed by atoms with Crippen LogP contribution in [0.25, 0.3) is 0 Å². The molecule has 0 aromatic rings. The molecule has 0 spiro atoms. The molecule has 2 aliphatic rings. The van der Waals surface area contributed by atoms with Gasteiger partial charge in [0.15, 0.2) is 5.72 Å². The van der Waals surface area contributed by atoms with Gasteiger partial charge in [-0.15, -0.1) is 0 Å². The summed E-state index contributed by atoms with van der Waals surface area (Å²) in [5.74, 6) is 2.07. The predicted molar refractivity (Wildman–Crippen MR) is 70.3 cm³/mol. The molecule has 0 aromatic heterocycles. The zero-order valence-corrected chi connectivity index (χ0v) is 11.2. The third-order valence-corrected chi connectivity index (χ3v) is 4.38. The van der Waals surface area contributed by atoms with E-state index >= 15 is 0 Å². The Morgan fingerprint density at radius 2 is 2.12 bits per heavy atom. The largest absolute Gasteiger partial charge is 0.452 e. The Kier molecular flexibility index (Phi) is 3.53. The monoisotopic (exact) mass is 237 g/mol. The van der Waals surface area contributed by atoms with Gasteiger partial charge < -0.3 is 4.74 Å². The van der Waals surface area contributed by atoms with Crippen LogP contribution in [-0.2, 0) is 4.74 Å². The molecule has 4 heteroatoms. The lowest BCUT2D eigenvalue weighted by atomic mass is 9.66. The van der Waals surface area contributed by atoms with Crippen LogP contribution in [0.1, 0.15) is 46.5 Å². The average molecular weight is 237 g/mol. The third-order valence-electron chi connectivity index (χ3n) is 4.38. The molecule has 96 valence electrons. The van der Waals surface area contributed by atoms with Crippen molar-refractivity contribution in [3.63, 3.8) is 0 Å². The van der Waals surface area contributed by atoms with Crippen LogP contribution in [0, 0.1) is 17.8 Å². The Morgan fingerprint density at radius 1 is 1.41 bits per heavy atom. The van der Waals surface area contributed by atoms with Gasteiger partial charge in [0, 0.05) is 5.92 Å². The van der Waals surface area contributed by atoms with E-state index in [4.69, 9.17) is 10.5 Å². The summed E-state index contributed by atoms with van der Waals surface area (Å²) in [4.78, 5) is 11.7. The molecule has 0 saturated heterocycles. The van der Waals surface area contributed by atoms with E-state index in [1.54, 1.807) is 0 Å². The van der Waals surface area contributed by atoms with E-state index in [9.17, 15) is 4.79 Å². The minimum atomic E-state index is -0.758. The topological polar surface area (TPSA) is 52.3 Å². The van der Waals surface area contributed by atoms with Gasteiger partial charge in [-0.1, -0.05) is 26.1 Å². The highest BCUT2D eigenvalue weighted by molar-refractivity contribution is 6.73. The lowest BCUT2D eigenvalue weighted by Crippen LogP contribution is -2.50. The fourth-order valence-electron chi connectivity index (χ4n) is 3.64. The molecule has 2 N–H and O–H groups in total. The van der Waals surface area contributed by atoms with Gasteiger partial charge in [-0.3, -0.25) is 10.5 Å². The number of fused-ring (bicyclic) bond motifs is 2. The number of carbonyl (C=O) groups is 1. The number of carbonyl (C=O) groups excluding carboxylic acids is 1. The maximum atomic E-state index is 11.7. The number of hydrogen-bond acceptors (Lipinski definition) is 3. The maximum Gasteiger partial charge on any atom is 0.263 e. The summed E-state index contributed by atoms with van der Waals surface area (Å²) in [6.07, 6.45) is 5.05. The molecule has 3 nitrogen and oxygen atoms in total.